The highest BCUT2D eigenvalue weighted by molar-refractivity contribution is 8.15. The third kappa shape index (κ3) is 7.39. The molecule has 1 fully saturated rings. The molecular weight excluding hydrogens is 490 g/mol. The van der Waals surface area contributed by atoms with Crippen LogP contribution in [0.3, 0.4) is 0 Å². The van der Waals surface area contributed by atoms with E-state index in [-0.39, 0.29) is 10.4 Å². The number of nitrogens with zero attached hydrogens (tertiary/aromatic N) is 3. The predicted octanol–water partition coefficient (Wildman–Crippen LogP) is 7.08. The maximum atomic E-state index is 11.7. The number of aromatic nitrogens is 1. The topological polar surface area (TPSA) is 45.7 Å². The number of thioether (sulfide) groups is 1. The van der Waals surface area contributed by atoms with Crippen molar-refractivity contribution in [3.8, 4) is 0 Å². The van der Waals surface area contributed by atoms with Crippen LogP contribution < -0.4 is 4.90 Å². The van der Waals surface area contributed by atoms with Crippen molar-refractivity contribution in [3.63, 3.8) is 0 Å². The molecule has 1 aromatic carbocycles. The summed E-state index contributed by atoms with van der Waals surface area (Å²) in [5.74, 6) is 0.905. The second-order valence-corrected chi connectivity index (χ2v) is 11.8. The second kappa shape index (κ2) is 13.7. The average Bonchev–Trinajstić information content (AvgIpc) is 3.12. The normalized spacial score (nSPS) is 19.0. The van der Waals surface area contributed by atoms with Gasteiger partial charge in [0.05, 0.1) is 17.4 Å². The van der Waals surface area contributed by atoms with E-state index < -0.39 is 0 Å². The van der Waals surface area contributed by atoms with Crippen molar-refractivity contribution >= 4 is 45.1 Å². The number of halogens is 1. The fourth-order valence-corrected chi connectivity index (χ4v) is 6.32. The van der Waals surface area contributed by atoms with E-state index in [1.165, 1.54) is 74.3 Å². The minimum Gasteiger partial charge on any atom is -0.496 e. The van der Waals surface area contributed by atoms with Gasteiger partial charge in [-0.25, -0.2) is 0 Å². The summed E-state index contributed by atoms with van der Waals surface area (Å²) in [5, 5.41) is 2.28. The molecule has 4 rings (SSSR count). The molecule has 2 aliphatic heterocycles. The molecule has 0 spiro atoms. The first-order valence-electron chi connectivity index (χ1n) is 13.6. The van der Waals surface area contributed by atoms with Crippen LogP contribution >= 0.6 is 23.4 Å². The first-order chi connectivity index (χ1) is 17.5. The number of carbonyl (C=O) groups is 1. The maximum Gasteiger partial charge on any atom is 0.219 e. The van der Waals surface area contributed by atoms with Crippen molar-refractivity contribution in [2.45, 2.75) is 70.5 Å². The number of fused-ring (bicyclic) bond motifs is 1. The van der Waals surface area contributed by atoms with Gasteiger partial charge < -0.3 is 9.64 Å². The summed E-state index contributed by atoms with van der Waals surface area (Å²) in [7, 11) is 0. The molecule has 196 valence electrons. The number of ether oxygens (including phenoxy) is 1. The van der Waals surface area contributed by atoms with Gasteiger partial charge in [0.25, 0.3) is 0 Å². The van der Waals surface area contributed by atoms with E-state index in [1.807, 2.05) is 25.3 Å². The Kier molecular flexibility index (Phi) is 10.4. The average molecular weight is 530 g/mol. The molecule has 0 bridgehead atoms. The number of benzene rings is 1. The summed E-state index contributed by atoms with van der Waals surface area (Å²) in [6.07, 6.45) is 12.1. The molecule has 2 aromatic rings. The van der Waals surface area contributed by atoms with E-state index in [0.717, 1.165) is 61.1 Å². The molecule has 1 unspecified atom stereocenters. The Labute approximate surface area is 225 Å². The zero-order valence-electron chi connectivity index (χ0n) is 21.8. The number of piperazine rings is 1. The third-order valence-electron chi connectivity index (χ3n) is 7.35. The second-order valence-electron chi connectivity index (χ2n) is 10.0. The maximum absolute atomic E-state index is 11.7. The van der Waals surface area contributed by atoms with Crippen molar-refractivity contribution in [1.82, 2.24) is 9.88 Å². The minimum absolute atomic E-state index is 0.171. The van der Waals surface area contributed by atoms with Gasteiger partial charge in [0.2, 0.25) is 5.12 Å². The highest BCUT2D eigenvalue weighted by Gasteiger charge is 2.28. The number of anilines is 1. The molecule has 0 amide bonds. The number of carbonyl (C=O) groups excluding carboxylic acids is 1. The highest BCUT2D eigenvalue weighted by Crippen LogP contribution is 2.34. The van der Waals surface area contributed by atoms with Crippen LogP contribution in [0.5, 0.6) is 0 Å². The summed E-state index contributed by atoms with van der Waals surface area (Å²) in [5.41, 5.74) is 3.05. The van der Waals surface area contributed by atoms with Crippen LogP contribution in [0.4, 0.5) is 5.69 Å². The summed E-state index contributed by atoms with van der Waals surface area (Å²) >= 11 is 7.52. The molecule has 0 N–H and O–H groups in total. The Morgan fingerprint density at radius 2 is 1.69 bits per heavy atom. The van der Waals surface area contributed by atoms with Gasteiger partial charge >= 0.3 is 0 Å². The van der Waals surface area contributed by atoms with Gasteiger partial charge in [-0.05, 0) is 57.5 Å². The third-order valence-corrected chi connectivity index (χ3v) is 8.67. The minimum atomic E-state index is 0.171. The van der Waals surface area contributed by atoms with Crippen LogP contribution in [0.15, 0.2) is 41.8 Å². The van der Waals surface area contributed by atoms with E-state index in [2.05, 4.69) is 33.8 Å². The Bertz CT molecular complexity index is 1050. The lowest BCUT2D eigenvalue weighted by atomic mass is 10.1. The molecule has 36 heavy (non-hydrogen) atoms. The van der Waals surface area contributed by atoms with Gasteiger partial charge in [0.1, 0.15) is 5.76 Å². The highest BCUT2D eigenvalue weighted by atomic mass is 35.5. The molecule has 1 aromatic heterocycles. The number of hydrogen-bond donors (Lipinski definition) is 0. The van der Waals surface area contributed by atoms with E-state index >= 15 is 0 Å². The summed E-state index contributed by atoms with van der Waals surface area (Å²) in [6, 6.07) is 8.14. The van der Waals surface area contributed by atoms with Gasteiger partial charge in [0.15, 0.2) is 0 Å². The fraction of sp³-hybridized carbons (Fsp3) is 0.586. The Morgan fingerprint density at radius 1 is 1.00 bits per heavy atom. The van der Waals surface area contributed by atoms with E-state index in [9.17, 15) is 4.79 Å². The molecule has 0 aliphatic carbocycles. The van der Waals surface area contributed by atoms with Crippen LogP contribution in [-0.2, 0) is 9.53 Å². The van der Waals surface area contributed by atoms with Gasteiger partial charge in [-0.2, -0.15) is 0 Å². The van der Waals surface area contributed by atoms with Crippen molar-refractivity contribution in [1.29, 1.82) is 0 Å². The Hall–Kier alpha value is -1.76. The number of pyridine rings is 1. The SMILES string of the molecule is CC1=C(OCCCCCCCCCCN2CCN(c3ccnc4cc(Cl)ccc34)CC2)C(C)SC1=O. The largest absolute Gasteiger partial charge is 0.496 e. The van der Waals surface area contributed by atoms with Gasteiger partial charge in [-0.1, -0.05) is 61.9 Å². The van der Waals surface area contributed by atoms with Crippen LogP contribution in [-0.4, -0.2) is 59.6 Å². The molecular formula is C29H40ClN3O2S. The quantitative estimate of drug-likeness (QED) is 0.258. The summed E-state index contributed by atoms with van der Waals surface area (Å²) in [6.45, 7) is 10.3. The van der Waals surface area contributed by atoms with Crippen LogP contribution in [0, 0.1) is 0 Å². The first kappa shape index (κ1) is 27.3. The number of rotatable bonds is 13. The molecule has 1 saturated heterocycles. The van der Waals surface area contributed by atoms with Gasteiger partial charge in [0, 0.05) is 54.0 Å². The smallest absolute Gasteiger partial charge is 0.219 e. The zero-order valence-corrected chi connectivity index (χ0v) is 23.4. The number of unbranched alkanes of at least 4 members (excludes halogenated alkanes) is 7. The molecule has 0 radical (unpaired) electrons. The predicted molar refractivity (Wildman–Crippen MR) is 153 cm³/mol. The summed E-state index contributed by atoms with van der Waals surface area (Å²) < 4.78 is 5.89. The van der Waals surface area contributed by atoms with E-state index in [1.54, 1.807) is 0 Å². The lowest BCUT2D eigenvalue weighted by Gasteiger charge is -2.36. The monoisotopic (exact) mass is 529 g/mol. The summed E-state index contributed by atoms with van der Waals surface area (Å²) in [4.78, 5) is 21.3. The Morgan fingerprint density at radius 3 is 2.39 bits per heavy atom. The zero-order chi connectivity index (χ0) is 25.3. The molecule has 7 heteroatoms. The molecule has 2 aliphatic rings. The molecule has 1 atom stereocenters. The fourth-order valence-electron chi connectivity index (χ4n) is 5.21. The lowest BCUT2D eigenvalue weighted by molar-refractivity contribution is -0.107. The molecule has 5 nitrogen and oxygen atoms in total. The lowest BCUT2D eigenvalue weighted by Crippen LogP contribution is -2.46. The van der Waals surface area contributed by atoms with E-state index in [4.69, 9.17) is 16.3 Å². The molecule has 3 heterocycles. The standard InChI is InChI=1S/C29H40ClN3O2S/c1-22-28(23(2)36-29(22)34)35-20-10-8-6-4-3-5-7-9-15-32-16-18-33(19-17-32)27-13-14-31-26-21-24(30)11-12-25(26)27/h11-14,21,23H,3-10,15-20H2,1-2H3. The van der Waals surface area contributed by atoms with Gasteiger partial charge in [-0.15, -0.1) is 0 Å². The van der Waals surface area contributed by atoms with Crippen LogP contribution in [0.25, 0.3) is 10.9 Å². The van der Waals surface area contributed by atoms with Crippen molar-refractivity contribution < 1.29 is 9.53 Å². The first-order valence-corrected chi connectivity index (χ1v) is 14.8. The van der Waals surface area contributed by atoms with Gasteiger partial charge in [-0.3, -0.25) is 14.7 Å². The number of hydrogen-bond acceptors (Lipinski definition) is 6. The van der Waals surface area contributed by atoms with Crippen molar-refractivity contribution in [2.75, 3.05) is 44.2 Å². The van der Waals surface area contributed by atoms with Crippen LogP contribution in [0.1, 0.15) is 65.2 Å². The molecule has 0 saturated carbocycles. The Balaban J connectivity index is 1.02. The van der Waals surface area contributed by atoms with Crippen molar-refractivity contribution in [2.24, 2.45) is 0 Å². The van der Waals surface area contributed by atoms with Crippen LogP contribution in [0.2, 0.25) is 5.02 Å². The van der Waals surface area contributed by atoms with E-state index in [0.29, 0.717) is 0 Å². The van der Waals surface area contributed by atoms with Crippen molar-refractivity contribution in [3.05, 3.63) is 46.8 Å².